The summed E-state index contributed by atoms with van der Waals surface area (Å²) in [6.45, 7) is 8.32. The molecular formula is C13H21ClN2O. The number of ether oxygens (including phenoxy) is 1. The van der Waals surface area contributed by atoms with Crippen LogP contribution in [0, 0.1) is 6.92 Å². The summed E-state index contributed by atoms with van der Waals surface area (Å²) in [4.78, 5) is 6.82. The van der Waals surface area contributed by atoms with Crippen LogP contribution in [-0.4, -0.2) is 42.1 Å². The molecule has 0 aliphatic rings. The van der Waals surface area contributed by atoms with Crippen LogP contribution >= 0.6 is 11.6 Å². The monoisotopic (exact) mass is 256 g/mol. The molecule has 0 N–H and O–H groups in total. The Kier molecular flexibility index (Phi) is 7.17. The number of alkyl halides is 1. The van der Waals surface area contributed by atoms with Gasteiger partial charge in [-0.2, -0.15) is 0 Å². The van der Waals surface area contributed by atoms with Crippen molar-refractivity contribution in [1.82, 2.24) is 9.88 Å². The Morgan fingerprint density at radius 3 is 2.82 bits per heavy atom. The van der Waals surface area contributed by atoms with E-state index in [2.05, 4.69) is 28.9 Å². The van der Waals surface area contributed by atoms with Gasteiger partial charge in [-0.1, -0.05) is 13.0 Å². The maximum absolute atomic E-state index is 5.55. The third-order valence-corrected chi connectivity index (χ3v) is 2.71. The van der Waals surface area contributed by atoms with E-state index < -0.39 is 0 Å². The van der Waals surface area contributed by atoms with Crippen LogP contribution in [-0.2, 0) is 11.3 Å². The van der Waals surface area contributed by atoms with E-state index in [0.29, 0.717) is 12.5 Å². The lowest BCUT2D eigenvalue weighted by Crippen LogP contribution is -2.27. The lowest BCUT2D eigenvalue weighted by Gasteiger charge is -2.19. The van der Waals surface area contributed by atoms with Gasteiger partial charge in [0, 0.05) is 24.7 Å². The number of hydrogen-bond donors (Lipinski definition) is 0. The molecule has 0 spiro atoms. The van der Waals surface area contributed by atoms with Crippen molar-refractivity contribution in [2.24, 2.45) is 0 Å². The lowest BCUT2D eigenvalue weighted by atomic mass is 10.3. The van der Waals surface area contributed by atoms with E-state index in [9.17, 15) is 0 Å². The zero-order valence-electron chi connectivity index (χ0n) is 10.7. The van der Waals surface area contributed by atoms with Gasteiger partial charge in [-0.3, -0.25) is 9.88 Å². The number of aromatic nitrogens is 1. The van der Waals surface area contributed by atoms with Gasteiger partial charge in [-0.15, -0.1) is 11.6 Å². The van der Waals surface area contributed by atoms with E-state index in [0.717, 1.165) is 37.6 Å². The van der Waals surface area contributed by atoms with Gasteiger partial charge in [0.1, 0.15) is 0 Å². The van der Waals surface area contributed by atoms with Crippen LogP contribution in [0.4, 0.5) is 0 Å². The van der Waals surface area contributed by atoms with Gasteiger partial charge < -0.3 is 4.74 Å². The van der Waals surface area contributed by atoms with Crippen LogP contribution in [0.2, 0.25) is 0 Å². The number of pyridine rings is 1. The minimum absolute atomic E-state index is 0.561. The highest BCUT2D eigenvalue weighted by Crippen LogP contribution is 2.03. The summed E-state index contributed by atoms with van der Waals surface area (Å²) in [6.07, 6.45) is 0. The van der Waals surface area contributed by atoms with Crippen LogP contribution in [0.1, 0.15) is 18.3 Å². The third kappa shape index (κ3) is 6.01. The van der Waals surface area contributed by atoms with E-state index in [1.165, 1.54) is 0 Å². The zero-order valence-corrected chi connectivity index (χ0v) is 11.4. The van der Waals surface area contributed by atoms with Crippen LogP contribution in [0.25, 0.3) is 0 Å². The molecular weight excluding hydrogens is 236 g/mol. The van der Waals surface area contributed by atoms with Crippen LogP contribution in [0.3, 0.4) is 0 Å². The molecule has 0 atom stereocenters. The Labute approximate surface area is 109 Å². The van der Waals surface area contributed by atoms with Gasteiger partial charge in [0.25, 0.3) is 0 Å². The van der Waals surface area contributed by atoms with Crippen LogP contribution in [0.15, 0.2) is 18.2 Å². The highest BCUT2D eigenvalue weighted by atomic mass is 35.5. The van der Waals surface area contributed by atoms with Gasteiger partial charge >= 0.3 is 0 Å². The van der Waals surface area contributed by atoms with E-state index in [-0.39, 0.29) is 0 Å². The molecule has 0 fully saturated rings. The van der Waals surface area contributed by atoms with Gasteiger partial charge in [-0.05, 0) is 25.6 Å². The van der Waals surface area contributed by atoms with E-state index in [1.807, 2.05) is 13.0 Å². The number of halogens is 1. The molecule has 17 heavy (non-hydrogen) atoms. The molecule has 0 bridgehead atoms. The van der Waals surface area contributed by atoms with Crippen LogP contribution in [0.5, 0.6) is 0 Å². The fourth-order valence-corrected chi connectivity index (χ4v) is 1.73. The molecule has 1 aromatic heterocycles. The quantitative estimate of drug-likeness (QED) is 0.528. The summed E-state index contributed by atoms with van der Waals surface area (Å²) in [6, 6.07) is 6.13. The largest absolute Gasteiger partial charge is 0.379 e. The molecule has 0 aromatic carbocycles. The smallest absolute Gasteiger partial charge is 0.0602 e. The van der Waals surface area contributed by atoms with Gasteiger partial charge in [-0.25, -0.2) is 0 Å². The van der Waals surface area contributed by atoms with Crippen LogP contribution < -0.4 is 0 Å². The first kappa shape index (κ1) is 14.4. The first-order valence-electron chi connectivity index (χ1n) is 6.05. The minimum atomic E-state index is 0.561. The summed E-state index contributed by atoms with van der Waals surface area (Å²) in [5.74, 6) is 0.561. The predicted octanol–water partition coefficient (Wildman–Crippen LogP) is 2.47. The summed E-state index contributed by atoms with van der Waals surface area (Å²) >= 11 is 5.55. The minimum Gasteiger partial charge on any atom is -0.379 e. The predicted molar refractivity (Wildman–Crippen MR) is 71.5 cm³/mol. The van der Waals surface area contributed by atoms with Crippen molar-refractivity contribution in [3.8, 4) is 0 Å². The van der Waals surface area contributed by atoms with Gasteiger partial charge in [0.05, 0.1) is 18.9 Å². The molecule has 0 radical (unpaired) electrons. The second-order valence-corrected chi connectivity index (χ2v) is 4.32. The van der Waals surface area contributed by atoms with Gasteiger partial charge in [0.15, 0.2) is 0 Å². The molecule has 1 heterocycles. The Bertz CT molecular complexity index is 320. The lowest BCUT2D eigenvalue weighted by molar-refractivity contribution is 0.113. The number of rotatable bonds is 8. The summed E-state index contributed by atoms with van der Waals surface area (Å²) in [5.41, 5.74) is 2.18. The van der Waals surface area contributed by atoms with Crippen molar-refractivity contribution in [2.45, 2.75) is 20.4 Å². The third-order valence-electron chi connectivity index (χ3n) is 2.55. The standard InChI is InChI=1S/C13H21ClN2O/c1-3-16(8-10-17-9-7-14)11-13-6-4-5-12(2)15-13/h4-6H,3,7-11H2,1-2H3. The average Bonchev–Trinajstić information content (AvgIpc) is 2.33. The molecule has 4 heteroatoms. The van der Waals surface area contributed by atoms with E-state index in [1.54, 1.807) is 0 Å². The molecule has 0 aliphatic carbocycles. The van der Waals surface area contributed by atoms with E-state index in [4.69, 9.17) is 16.3 Å². The zero-order chi connectivity index (χ0) is 12.5. The first-order valence-corrected chi connectivity index (χ1v) is 6.58. The highest BCUT2D eigenvalue weighted by Gasteiger charge is 2.04. The highest BCUT2D eigenvalue weighted by molar-refractivity contribution is 6.17. The number of likely N-dealkylation sites (N-methyl/N-ethyl adjacent to an activating group) is 1. The Balaban J connectivity index is 2.35. The number of hydrogen-bond acceptors (Lipinski definition) is 3. The molecule has 3 nitrogen and oxygen atoms in total. The molecule has 0 aliphatic heterocycles. The van der Waals surface area contributed by atoms with Gasteiger partial charge in [0.2, 0.25) is 0 Å². The fraction of sp³-hybridized carbons (Fsp3) is 0.615. The van der Waals surface area contributed by atoms with Crippen molar-refractivity contribution in [2.75, 3.05) is 32.2 Å². The Morgan fingerprint density at radius 1 is 1.35 bits per heavy atom. The number of nitrogens with zero attached hydrogens (tertiary/aromatic N) is 2. The Hall–Kier alpha value is -0.640. The fourth-order valence-electron chi connectivity index (χ4n) is 1.62. The maximum Gasteiger partial charge on any atom is 0.0602 e. The molecule has 0 amide bonds. The topological polar surface area (TPSA) is 25.4 Å². The van der Waals surface area contributed by atoms with E-state index >= 15 is 0 Å². The average molecular weight is 257 g/mol. The second-order valence-electron chi connectivity index (χ2n) is 3.94. The normalized spacial score (nSPS) is 11.1. The summed E-state index contributed by atoms with van der Waals surface area (Å²) in [5, 5.41) is 0. The molecule has 0 saturated heterocycles. The molecule has 1 rings (SSSR count). The second kappa shape index (κ2) is 8.45. The maximum atomic E-state index is 5.55. The SMILES string of the molecule is CCN(CCOCCCl)Cc1cccc(C)n1. The van der Waals surface area contributed by atoms with Crippen molar-refractivity contribution in [3.05, 3.63) is 29.6 Å². The van der Waals surface area contributed by atoms with Crippen molar-refractivity contribution in [1.29, 1.82) is 0 Å². The first-order chi connectivity index (χ1) is 8.26. The number of aryl methyl sites for hydroxylation is 1. The molecule has 0 unspecified atom stereocenters. The molecule has 1 aromatic rings. The Morgan fingerprint density at radius 2 is 2.18 bits per heavy atom. The van der Waals surface area contributed by atoms with Crippen molar-refractivity contribution in [3.63, 3.8) is 0 Å². The molecule has 96 valence electrons. The summed E-state index contributed by atoms with van der Waals surface area (Å²) in [7, 11) is 0. The molecule has 0 saturated carbocycles. The van der Waals surface area contributed by atoms with Crippen molar-refractivity contribution < 1.29 is 4.74 Å². The van der Waals surface area contributed by atoms with Crippen molar-refractivity contribution >= 4 is 11.6 Å². The summed E-state index contributed by atoms with van der Waals surface area (Å²) < 4.78 is 5.38.